The molecule has 5 heterocycles. The molecule has 3 aliphatic rings. The molecule has 0 amide bonds. The zero-order valence-electron chi connectivity index (χ0n) is 38.5. The van der Waals surface area contributed by atoms with Gasteiger partial charge in [0, 0.05) is 44.6 Å². The number of hydrogen-bond donors (Lipinski definition) is 0. The number of para-hydroxylation sites is 2. The number of nitrogens with zero attached hydrogens (tertiary/aromatic N) is 2. The van der Waals surface area contributed by atoms with Crippen molar-refractivity contribution in [3.05, 3.63) is 161 Å². The van der Waals surface area contributed by atoms with E-state index in [-0.39, 0.29) is 24.3 Å². The van der Waals surface area contributed by atoms with Crippen molar-refractivity contribution in [1.82, 2.24) is 0 Å². The first-order valence-corrected chi connectivity index (χ1v) is 22.8. The Bertz CT molecular complexity index is 3270. The summed E-state index contributed by atoms with van der Waals surface area (Å²) in [5.41, 5.74) is 20.0. The molecule has 12 rings (SSSR count). The van der Waals surface area contributed by atoms with E-state index in [1.807, 2.05) is 24.3 Å². The lowest BCUT2D eigenvalue weighted by Crippen LogP contribution is -2.61. The van der Waals surface area contributed by atoms with E-state index in [9.17, 15) is 0 Å². The van der Waals surface area contributed by atoms with Crippen LogP contribution in [0.5, 0.6) is 11.5 Å². The fourth-order valence-electron chi connectivity index (χ4n) is 10.6. The van der Waals surface area contributed by atoms with Gasteiger partial charge >= 0.3 is 0 Å². The highest BCUT2D eigenvalue weighted by Crippen LogP contribution is 2.53. The zero-order chi connectivity index (χ0) is 44.7. The quantitative estimate of drug-likeness (QED) is 0.164. The number of benzene rings is 7. The van der Waals surface area contributed by atoms with Crippen molar-refractivity contribution in [1.29, 1.82) is 0 Å². The van der Waals surface area contributed by atoms with Gasteiger partial charge < -0.3 is 28.1 Å². The van der Waals surface area contributed by atoms with Gasteiger partial charge in [0.25, 0.3) is 6.71 Å². The molecule has 0 N–H and O–H groups in total. The number of hydrogen-bond acceptors (Lipinski definition) is 6. The molecule has 0 fully saturated rings. The minimum atomic E-state index is -0.0993. The summed E-state index contributed by atoms with van der Waals surface area (Å²) < 4.78 is 25.9. The Kier molecular flexibility index (Phi) is 8.47. The summed E-state index contributed by atoms with van der Waals surface area (Å²) >= 11 is 0. The largest absolute Gasteiger partial charge is 0.456 e. The van der Waals surface area contributed by atoms with E-state index in [2.05, 4.69) is 181 Å². The van der Waals surface area contributed by atoms with E-state index < -0.39 is 0 Å². The third kappa shape index (κ3) is 6.15. The number of anilines is 6. The van der Waals surface area contributed by atoms with Crippen LogP contribution in [0.2, 0.25) is 0 Å². The topological polar surface area (TPSA) is 51.2 Å². The van der Waals surface area contributed by atoms with Crippen LogP contribution in [-0.4, -0.2) is 13.5 Å². The van der Waals surface area contributed by atoms with Crippen molar-refractivity contribution >= 4 is 79.2 Å². The van der Waals surface area contributed by atoms with Crippen LogP contribution in [0.4, 0.5) is 34.1 Å². The Morgan fingerprint density at radius 2 is 1.11 bits per heavy atom. The van der Waals surface area contributed by atoms with Crippen LogP contribution in [0.1, 0.15) is 69.4 Å². The number of rotatable bonds is 4. The normalized spacial score (nSPS) is 14.0. The van der Waals surface area contributed by atoms with Crippen molar-refractivity contribution < 1.29 is 18.3 Å². The second-order valence-electron chi connectivity index (χ2n) is 20.4. The van der Waals surface area contributed by atoms with Crippen molar-refractivity contribution in [2.24, 2.45) is 0 Å². The van der Waals surface area contributed by atoms with Crippen molar-refractivity contribution in [2.45, 2.75) is 73.1 Å². The lowest BCUT2D eigenvalue weighted by atomic mass is 9.33. The summed E-state index contributed by atoms with van der Waals surface area (Å²) in [6.07, 6.45) is 0. The second kappa shape index (κ2) is 13.9. The molecule has 6 nitrogen and oxygen atoms in total. The van der Waals surface area contributed by atoms with E-state index in [0.29, 0.717) is 0 Å². The predicted octanol–water partition coefficient (Wildman–Crippen LogP) is 13.8. The standard InChI is InChI=1S/C58H51BN2O4/c1-33-22-46-53-47(23-33)61(54-34(2)24-41(25-35(54)3)58(7,8)9)55-43(19-21-50-56(55)63-32-62-50)59(53)44-31-40(57(4,5)6)18-20-45(44)60(46)42-27-38(51-29-36-14-10-12-16-48(36)64-51)26-39(28-42)52-30-37-15-11-13-17-49(37)65-52/h10-31H,32H2,1-9H3. The van der Waals surface area contributed by atoms with Gasteiger partial charge in [0.05, 0.1) is 11.4 Å². The monoisotopic (exact) mass is 850 g/mol. The first-order chi connectivity index (χ1) is 31.2. The molecule has 0 atom stereocenters. The van der Waals surface area contributed by atoms with Gasteiger partial charge in [0.2, 0.25) is 6.79 Å². The summed E-state index contributed by atoms with van der Waals surface area (Å²) in [4.78, 5) is 4.98. The molecule has 0 aliphatic carbocycles. The lowest BCUT2D eigenvalue weighted by Gasteiger charge is -2.45. The molecule has 2 aromatic heterocycles. The minimum absolute atomic E-state index is 0.00719. The smallest absolute Gasteiger partial charge is 0.252 e. The average Bonchev–Trinajstić information content (AvgIpc) is 4.04. The van der Waals surface area contributed by atoms with Crippen LogP contribution in [0, 0.1) is 20.8 Å². The Morgan fingerprint density at radius 3 is 1.71 bits per heavy atom. The predicted molar refractivity (Wildman–Crippen MR) is 269 cm³/mol. The maximum Gasteiger partial charge on any atom is 0.252 e. The van der Waals surface area contributed by atoms with Crippen LogP contribution in [-0.2, 0) is 10.8 Å². The fourth-order valence-corrected chi connectivity index (χ4v) is 10.6. The zero-order valence-corrected chi connectivity index (χ0v) is 38.5. The van der Waals surface area contributed by atoms with E-state index in [1.54, 1.807) is 0 Å². The summed E-state index contributed by atoms with van der Waals surface area (Å²) in [6, 6.07) is 48.5. The van der Waals surface area contributed by atoms with Gasteiger partial charge in [-0.25, -0.2) is 0 Å². The highest BCUT2D eigenvalue weighted by atomic mass is 16.7. The Labute approximate surface area is 381 Å². The molecular weight excluding hydrogens is 799 g/mol. The molecule has 7 heteroatoms. The molecule has 3 aliphatic heterocycles. The van der Waals surface area contributed by atoms with E-state index in [0.717, 1.165) is 95.8 Å². The fraction of sp³-hybridized carbons (Fsp3) is 0.207. The highest BCUT2D eigenvalue weighted by Gasteiger charge is 2.46. The SMILES string of the molecule is Cc1cc2c3c(c1)N(c1c(C)cc(C(C)(C)C)cc1C)c1c(ccc4c1OCO4)B3c1cc(C(C)(C)C)ccc1N2c1cc(-c2cc3ccccc3o2)cc(-c2cc3ccccc3o2)c1. The highest BCUT2D eigenvalue weighted by molar-refractivity contribution is 7.00. The molecule has 9 aromatic rings. The first-order valence-electron chi connectivity index (χ1n) is 22.8. The minimum Gasteiger partial charge on any atom is -0.456 e. The number of furan rings is 2. The van der Waals surface area contributed by atoms with Gasteiger partial charge in [-0.1, -0.05) is 108 Å². The van der Waals surface area contributed by atoms with E-state index in [1.165, 1.54) is 38.6 Å². The van der Waals surface area contributed by atoms with Gasteiger partial charge in [-0.05, 0) is 143 Å². The van der Waals surface area contributed by atoms with Crippen LogP contribution >= 0.6 is 0 Å². The molecule has 0 spiro atoms. The van der Waals surface area contributed by atoms with Gasteiger partial charge in [-0.2, -0.15) is 0 Å². The molecule has 0 bridgehead atoms. The third-order valence-electron chi connectivity index (χ3n) is 13.8. The molecular formula is C58H51BN2O4. The van der Waals surface area contributed by atoms with Gasteiger partial charge in [-0.15, -0.1) is 0 Å². The number of fused-ring (bicyclic) bond motifs is 8. The summed E-state index contributed by atoms with van der Waals surface area (Å²) in [5, 5.41) is 2.13. The van der Waals surface area contributed by atoms with E-state index >= 15 is 0 Å². The molecule has 7 aromatic carbocycles. The Morgan fingerprint density at radius 1 is 0.508 bits per heavy atom. The van der Waals surface area contributed by atoms with Crippen molar-refractivity contribution in [3.8, 4) is 34.1 Å². The van der Waals surface area contributed by atoms with Gasteiger partial charge in [0.1, 0.15) is 22.7 Å². The second-order valence-corrected chi connectivity index (χ2v) is 20.4. The first kappa shape index (κ1) is 39.5. The average molecular weight is 851 g/mol. The molecule has 0 radical (unpaired) electrons. The van der Waals surface area contributed by atoms with E-state index in [4.69, 9.17) is 18.3 Å². The summed E-state index contributed by atoms with van der Waals surface area (Å²) in [5.74, 6) is 3.17. The van der Waals surface area contributed by atoms with Crippen LogP contribution < -0.4 is 35.7 Å². The molecule has 0 unspecified atom stereocenters. The van der Waals surface area contributed by atoms with Crippen molar-refractivity contribution in [3.63, 3.8) is 0 Å². The third-order valence-corrected chi connectivity index (χ3v) is 13.8. The molecule has 65 heavy (non-hydrogen) atoms. The van der Waals surface area contributed by atoms with Gasteiger partial charge in [-0.3, -0.25) is 0 Å². The van der Waals surface area contributed by atoms with Crippen LogP contribution in [0.25, 0.3) is 44.6 Å². The van der Waals surface area contributed by atoms with Gasteiger partial charge in [0.15, 0.2) is 11.5 Å². The molecule has 0 saturated carbocycles. The van der Waals surface area contributed by atoms with Crippen molar-refractivity contribution in [2.75, 3.05) is 16.6 Å². The molecule has 320 valence electrons. The van der Waals surface area contributed by atoms with Crippen LogP contribution in [0.3, 0.4) is 0 Å². The lowest BCUT2D eigenvalue weighted by molar-refractivity contribution is 0.174. The maximum atomic E-state index is 6.63. The molecule has 0 saturated heterocycles. The summed E-state index contributed by atoms with van der Waals surface area (Å²) in [7, 11) is 0. The Hall–Kier alpha value is -7.12. The maximum absolute atomic E-state index is 6.63. The van der Waals surface area contributed by atoms with Crippen LogP contribution in [0.15, 0.2) is 142 Å². The Balaban J connectivity index is 1.17. The summed E-state index contributed by atoms with van der Waals surface area (Å²) in [6.45, 7) is 20.6. The number of ether oxygens (including phenoxy) is 2. The number of aryl methyl sites for hydroxylation is 3.